The predicted molar refractivity (Wildman–Crippen MR) is 97.2 cm³/mol. The lowest BCUT2D eigenvalue weighted by Gasteiger charge is -2.01. The number of phenolic OH excluding ortho intramolecular Hbond substituents is 1. The van der Waals surface area contributed by atoms with Gasteiger partial charge in [0.15, 0.2) is 6.04 Å². The van der Waals surface area contributed by atoms with E-state index in [1.54, 1.807) is 24.3 Å². The summed E-state index contributed by atoms with van der Waals surface area (Å²) in [5.41, 5.74) is 0.603. The van der Waals surface area contributed by atoms with Gasteiger partial charge in [-0.3, -0.25) is 4.99 Å². The summed E-state index contributed by atoms with van der Waals surface area (Å²) in [5, 5.41) is 18.9. The predicted octanol–water partition coefficient (Wildman–Crippen LogP) is 4.81. The van der Waals surface area contributed by atoms with E-state index in [2.05, 4.69) is 18.8 Å². The molecular formula is C17H29NO3S. The lowest BCUT2D eigenvalue weighted by molar-refractivity contribution is -0.137. The zero-order chi connectivity index (χ0) is 17.5. The molecule has 2 rings (SSSR count). The van der Waals surface area contributed by atoms with Crippen LogP contribution in [0.25, 0.3) is 0 Å². The molecule has 0 radical (unpaired) electrons. The van der Waals surface area contributed by atoms with Gasteiger partial charge in [0.05, 0.1) is 0 Å². The molecule has 126 valence electrons. The van der Waals surface area contributed by atoms with Crippen LogP contribution in [0.1, 0.15) is 53.5 Å². The fourth-order valence-electron chi connectivity index (χ4n) is 1.30. The van der Waals surface area contributed by atoms with Crippen molar-refractivity contribution < 1.29 is 15.0 Å². The van der Waals surface area contributed by atoms with Gasteiger partial charge < -0.3 is 10.2 Å². The molecule has 1 heterocycles. The van der Waals surface area contributed by atoms with Crippen molar-refractivity contribution in [2.75, 3.05) is 5.75 Å². The fraction of sp³-hybridized carbons (Fsp3) is 0.529. The number of carbonyl (C=O) groups is 1. The highest BCUT2D eigenvalue weighted by atomic mass is 32.2. The van der Waals surface area contributed by atoms with E-state index in [9.17, 15) is 9.90 Å². The molecule has 5 heteroatoms. The molecule has 1 aromatic carbocycles. The lowest BCUT2D eigenvalue weighted by atomic mass is 10.2. The molecule has 22 heavy (non-hydrogen) atoms. The molecule has 1 unspecified atom stereocenters. The minimum atomic E-state index is -0.923. The monoisotopic (exact) mass is 327 g/mol. The van der Waals surface area contributed by atoms with E-state index >= 15 is 0 Å². The van der Waals surface area contributed by atoms with Crippen molar-refractivity contribution in [2.45, 2.75) is 54.0 Å². The molecule has 1 aliphatic heterocycles. The van der Waals surface area contributed by atoms with Crippen molar-refractivity contribution >= 4 is 22.8 Å². The van der Waals surface area contributed by atoms with Gasteiger partial charge in [-0.15, -0.1) is 11.8 Å². The highest BCUT2D eigenvalue weighted by Crippen LogP contribution is 2.28. The standard InChI is InChI=1S/C10H9NO3S.C3H8.2C2H6/c12-8-4-2-1-3-6(8)9-11-7(5-15-9)10(13)14;1-3-2;2*1-2/h1-4,7,12H,5H2,(H,13,14);3H2,1-2H3;2*1-2H3. The van der Waals surface area contributed by atoms with E-state index in [1.165, 1.54) is 18.2 Å². The summed E-state index contributed by atoms with van der Waals surface area (Å²) in [6, 6.07) is 6.10. The Morgan fingerprint density at radius 2 is 1.73 bits per heavy atom. The van der Waals surface area contributed by atoms with Crippen LogP contribution in [0.4, 0.5) is 0 Å². The van der Waals surface area contributed by atoms with Crippen LogP contribution in [0.2, 0.25) is 0 Å². The maximum atomic E-state index is 10.7. The number of hydrogen-bond acceptors (Lipinski definition) is 4. The first kappa shape index (κ1) is 22.8. The molecule has 0 spiro atoms. The Morgan fingerprint density at radius 3 is 2.14 bits per heavy atom. The Morgan fingerprint density at radius 1 is 1.23 bits per heavy atom. The van der Waals surface area contributed by atoms with Crippen LogP contribution in [0.3, 0.4) is 0 Å². The second-order valence-corrected chi connectivity index (χ2v) is 4.83. The van der Waals surface area contributed by atoms with E-state index < -0.39 is 12.0 Å². The van der Waals surface area contributed by atoms with Gasteiger partial charge in [0.2, 0.25) is 0 Å². The van der Waals surface area contributed by atoms with Gasteiger partial charge in [-0.25, -0.2) is 4.79 Å². The third kappa shape index (κ3) is 8.08. The molecular weight excluding hydrogens is 298 g/mol. The lowest BCUT2D eigenvalue weighted by Crippen LogP contribution is -2.17. The van der Waals surface area contributed by atoms with Crippen molar-refractivity contribution in [1.29, 1.82) is 0 Å². The van der Waals surface area contributed by atoms with Crippen molar-refractivity contribution in [3.05, 3.63) is 29.8 Å². The molecule has 1 aliphatic rings. The van der Waals surface area contributed by atoms with Crippen LogP contribution in [-0.2, 0) is 4.79 Å². The number of thioether (sulfide) groups is 1. The minimum Gasteiger partial charge on any atom is -0.507 e. The number of hydrogen-bond donors (Lipinski definition) is 2. The fourth-order valence-corrected chi connectivity index (χ4v) is 2.36. The number of rotatable bonds is 2. The Hall–Kier alpha value is -1.49. The smallest absolute Gasteiger partial charge is 0.329 e. The Labute approximate surface area is 138 Å². The second kappa shape index (κ2) is 14.4. The molecule has 0 fully saturated rings. The third-order valence-corrected chi connectivity index (χ3v) is 3.15. The highest BCUT2D eigenvalue weighted by molar-refractivity contribution is 8.14. The van der Waals surface area contributed by atoms with Gasteiger partial charge in [0.25, 0.3) is 0 Å². The van der Waals surface area contributed by atoms with Crippen molar-refractivity contribution in [2.24, 2.45) is 4.99 Å². The number of phenols is 1. The first-order valence-electron chi connectivity index (χ1n) is 7.81. The second-order valence-electron chi connectivity index (χ2n) is 3.82. The molecule has 0 amide bonds. The van der Waals surface area contributed by atoms with E-state index in [0.717, 1.165) is 0 Å². The number of benzene rings is 1. The Balaban J connectivity index is 0. The number of aliphatic imine (C=N–C) groups is 1. The molecule has 1 atom stereocenters. The van der Waals surface area contributed by atoms with Crippen molar-refractivity contribution in [3.8, 4) is 5.75 Å². The first-order valence-corrected chi connectivity index (χ1v) is 8.80. The molecule has 0 aromatic heterocycles. The van der Waals surface area contributed by atoms with Gasteiger partial charge >= 0.3 is 5.97 Å². The zero-order valence-corrected chi connectivity index (χ0v) is 15.3. The number of carboxylic acids is 1. The third-order valence-electron chi connectivity index (χ3n) is 2.07. The molecule has 1 aromatic rings. The summed E-state index contributed by atoms with van der Waals surface area (Å²) in [4.78, 5) is 14.7. The zero-order valence-electron chi connectivity index (χ0n) is 14.5. The molecule has 4 nitrogen and oxygen atoms in total. The number of para-hydroxylation sites is 1. The summed E-state index contributed by atoms with van der Waals surface area (Å²) in [6.07, 6.45) is 1.25. The Bertz CT molecular complexity index is 447. The number of aromatic hydroxyl groups is 1. The van der Waals surface area contributed by atoms with E-state index in [-0.39, 0.29) is 5.75 Å². The maximum absolute atomic E-state index is 10.7. The number of aliphatic carboxylic acids is 1. The Kier molecular flexibility index (Phi) is 15.0. The van der Waals surface area contributed by atoms with Gasteiger partial charge in [-0.1, -0.05) is 60.1 Å². The van der Waals surface area contributed by atoms with Crippen LogP contribution < -0.4 is 0 Å². The van der Waals surface area contributed by atoms with Crippen LogP contribution >= 0.6 is 11.8 Å². The summed E-state index contributed by atoms with van der Waals surface area (Å²) in [6.45, 7) is 12.2. The van der Waals surface area contributed by atoms with Gasteiger partial charge in [-0.2, -0.15) is 0 Å². The van der Waals surface area contributed by atoms with Crippen LogP contribution in [0.15, 0.2) is 29.3 Å². The van der Waals surface area contributed by atoms with Crippen molar-refractivity contribution in [3.63, 3.8) is 0 Å². The molecule has 2 N–H and O–H groups in total. The topological polar surface area (TPSA) is 69.9 Å². The van der Waals surface area contributed by atoms with Gasteiger partial charge in [-0.05, 0) is 12.1 Å². The van der Waals surface area contributed by atoms with Crippen LogP contribution in [0, 0.1) is 0 Å². The number of nitrogens with zero attached hydrogens (tertiary/aromatic N) is 1. The quantitative estimate of drug-likeness (QED) is 0.818. The van der Waals surface area contributed by atoms with Crippen LogP contribution in [-0.4, -0.2) is 33.0 Å². The maximum Gasteiger partial charge on any atom is 0.329 e. The summed E-state index contributed by atoms with van der Waals surface area (Å²) in [7, 11) is 0. The van der Waals surface area contributed by atoms with E-state index in [1.807, 2.05) is 27.7 Å². The normalized spacial score (nSPS) is 15.0. The molecule has 0 bridgehead atoms. The highest BCUT2D eigenvalue weighted by Gasteiger charge is 2.26. The SMILES string of the molecule is CC.CC.CCC.O=C(O)C1CSC(c2ccccc2O)=N1. The number of carboxylic acid groups (broad SMARTS) is 1. The largest absolute Gasteiger partial charge is 0.507 e. The molecule has 0 saturated carbocycles. The molecule has 0 aliphatic carbocycles. The minimum absolute atomic E-state index is 0.134. The van der Waals surface area contributed by atoms with E-state index in [0.29, 0.717) is 16.4 Å². The summed E-state index contributed by atoms with van der Waals surface area (Å²) < 4.78 is 0. The molecule has 0 saturated heterocycles. The van der Waals surface area contributed by atoms with Crippen LogP contribution in [0.5, 0.6) is 5.75 Å². The average Bonchev–Trinajstić information content (AvgIpc) is 3.02. The average molecular weight is 327 g/mol. The van der Waals surface area contributed by atoms with E-state index in [4.69, 9.17) is 5.11 Å². The first-order chi connectivity index (χ1) is 10.6. The van der Waals surface area contributed by atoms with Crippen molar-refractivity contribution in [1.82, 2.24) is 0 Å². The summed E-state index contributed by atoms with van der Waals surface area (Å²) >= 11 is 1.36. The summed E-state index contributed by atoms with van der Waals surface area (Å²) in [5.74, 6) is -0.360. The van der Waals surface area contributed by atoms with Gasteiger partial charge in [0, 0.05) is 11.3 Å². The van der Waals surface area contributed by atoms with Gasteiger partial charge in [0.1, 0.15) is 10.8 Å².